The normalized spacial score (nSPS) is 10.3. The number of ether oxygens (including phenoxy) is 1. The highest BCUT2D eigenvalue weighted by Gasteiger charge is 2.14. The van der Waals surface area contributed by atoms with Crippen LogP contribution >= 0.6 is 0 Å². The van der Waals surface area contributed by atoms with Crippen LogP contribution in [0.15, 0.2) is 30.3 Å². The van der Waals surface area contributed by atoms with Gasteiger partial charge in [-0.15, -0.1) is 0 Å². The van der Waals surface area contributed by atoms with Gasteiger partial charge in [-0.05, 0) is 18.2 Å². The number of methoxy groups -OCH3 is 1. The third-order valence-corrected chi connectivity index (χ3v) is 2.42. The summed E-state index contributed by atoms with van der Waals surface area (Å²) in [5, 5.41) is 19.8. The number of benzene rings is 2. The van der Waals surface area contributed by atoms with Crippen LogP contribution in [-0.4, -0.2) is 23.3 Å². The minimum Gasteiger partial charge on any atom is -0.507 e. The first kappa shape index (κ1) is 10.3. The highest BCUT2D eigenvalue weighted by molar-refractivity contribution is 6.02. The molecule has 16 heavy (non-hydrogen) atoms. The molecule has 2 N–H and O–H groups in total. The van der Waals surface area contributed by atoms with Gasteiger partial charge in [-0.2, -0.15) is 0 Å². The molecule has 4 nitrogen and oxygen atoms in total. The largest absolute Gasteiger partial charge is 0.507 e. The van der Waals surface area contributed by atoms with Crippen LogP contribution < -0.4 is 4.74 Å². The summed E-state index contributed by atoms with van der Waals surface area (Å²) in [5.74, 6) is -0.685. The van der Waals surface area contributed by atoms with Gasteiger partial charge in [0.2, 0.25) is 0 Å². The average Bonchev–Trinajstić information content (AvgIpc) is 2.27. The van der Waals surface area contributed by atoms with Gasteiger partial charge in [0.15, 0.2) is 0 Å². The van der Waals surface area contributed by atoms with Crippen LogP contribution in [0.4, 0.5) is 0 Å². The van der Waals surface area contributed by atoms with E-state index in [9.17, 15) is 9.90 Å². The maximum Gasteiger partial charge on any atom is 0.339 e. The van der Waals surface area contributed by atoms with Crippen molar-refractivity contribution in [2.45, 2.75) is 0 Å². The quantitative estimate of drug-likeness (QED) is 0.811. The minimum absolute atomic E-state index is 0.0839. The van der Waals surface area contributed by atoms with Gasteiger partial charge >= 0.3 is 5.97 Å². The van der Waals surface area contributed by atoms with Crippen molar-refractivity contribution in [3.63, 3.8) is 0 Å². The maximum absolute atomic E-state index is 11.0. The Balaban J connectivity index is 2.86. The Labute approximate surface area is 91.7 Å². The van der Waals surface area contributed by atoms with Gasteiger partial charge in [-0.25, -0.2) is 4.79 Å². The third kappa shape index (κ3) is 1.44. The number of hydrogen-bond acceptors (Lipinski definition) is 3. The molecule has 0 saturated heterocycles. The first-order valence-electron chi connectivity index (χ1n) is 4.67. The van der Waals surface area contributed by atoms with Gasteiger partial charge in [0.1, 0.15) is 17.1 Å². The number of aromatic hydroxyl groups is 1. The first-order valence-corrected chi connectivity index (χ1v) is 4.67. The molecule has 2 aromatic rings. The summed E-state index contributed by atoms with van der Waals surface area (Å²) in [6.07, 6.45) is 0. The van der Waals surface area contributed by atoms with E-state index < -0.39 is 5.97 Å². The number of phenolic OH excluding ortho intramolecular Hbond substituents is 1. The van der Waals surface area contributed by atoms with E-state index in [4.69, 9.17) is 9.84 Å². The predicted octanol–water partition coefficient (Wildman–Crippen LogP) is 2.25. The zero-order valence-electron chi connectivity index (χ0n) is 8.60. The molecule has 0 amide bonds. The number of aromatic carboxylic acids is 1. The number of fused-ring (bicyclic) bond motifs is 1. The van der Waals surface area contributed by atoms with E-state index in [0.29, 0.717) is 10.8 Å². The lowest BCUT2D eigenvalue weighted by Gasteiger charge is -2.09. The molecule has 0 bridgehead atoms. The Bertz CT molecular complexity index is 560. The van der Waals surface area contributed by atoms with E-state index >= 15 is 0 Å². The molecule has 4 heteroatoms. The van der Waals surface area contributed by atoms with Crippen molar-refractivity contribution in [1.82, 2.24) is 0 Å². The van der Waals surface area contributed by atoms with Crippen LogP contribution in [0.3, 0.4) is 0 Å². The van der Waals surface area contributed by atoms with Gasteiger partial charge in [0, 0.05) is 10.8 Å². The van der Waals surface area contributed by atoms with E-state index in [1.807, 2.05) is 0 Å². The van der Waals surface area contributed by atoms with Crippen molar-refractivity contribution >= 4 is 16.7 Å². The summed E-state index contributed by atoms with van der Waals surface area (Å²) in [6.45, 7) is 0. The van der Waals surface area contributed by atoms with Crippen molar-refractivity contribution in [2.24, 2.45) is 0 Å². The molecule has 0 aliphatic carbocycles. The van der Waals surface area contributed by atoms with Crippen LogP contribution in [0, 0.1) is 0 Å². The molecule has 2 rings (SSSR count). The monoisotopic (exact) mass is 218 g/mol. The Morgan fingerprint density at radius 3 is 2.56 bits per heavy atom. The molecule has 0 saturated carbocycles. The first-order chi connectivity index (χ1) is 7.65. The Morgan fingerprint density at radius 2 is 1.94 bits per heavy atom. The van der Waals surface area contributed by atoms with E-state index in [0.717, 1.165) is 0 Å². The standard InChI is InChI=1S/C12H10O4/c1-16-11-8-3-2-4-10(13)7(8)5-6-9(11)12(14)15/h2-6,13H,1H3,(H,14,15). The van der Waals surface area contributed by atoms with Crippen molar-refractivity contribution in [3.05, 3.63) is 35.9 Å². The lowest BCUT2D eigenvalue weighted by atomic mass is 10.0. The Morgan fingerprint density at radius 1 is 1.19 bits per heavy atom. The topological polar surface area (TPSA) is 66.8 Å². The van der Waals surface area contributed by atoms with Crippen LogP contribution in [0.1, 0.15) is 10.4 Å². The van der Waals surface area contributed by atoms with Crippen LogP contribution in [0.25, 0.3) is 10.8 Å². The summed E-state index contributed by atoms with van der Waals surface area (Å²) in [4.78, 5) is 11.0. The second-order valence-corrected chi connectivity index (χ2v) is 3.32. The van der Waals surface area contributed by atoms with Crippen LogP contribution in [0.2, 0.25) is 0 Å². The van der Waals surface area contributed by atoms with Gasteiger partial charge in [0.05, 0.1) is 7.11 Å². The molecule has 0 radical (unpaired) electrons. The van der Waals surface area contributed by atoms with Crippen molar-refractivity contribution in [2.75, 3.05) is 7.11 Å². The molecular formula is C12H10O4. The minimum atomic E-state index is -1.05. The number of carboxylic acids is 1. The molecule has 0 atom stereocenters. The summed E-state index contributed by atoms with van der Waals surface area (Å²) >= 11 is 0. The molecule has 0 aliphatic heterocycles. The fourth-order valence-electron chi connectivity index (χ4n) is 1.70. The summed E-state index contributed by atoms with van der Waals surface area (Å²) in [6, 6.07) is 7.88. The average molecular weight is 218 g/mol. The van der Waals surface area contributed by atoms with Gasteiger partial charge in [-0.1, -0.05) is 12.1 Å². The van der Waals surface area contributed by atoms with Gasteiger partial charge in [0.25, 0.3) is 0 Å². The number of rotatable bonds is 2. The lowest BCUT2D eigenvalue weighted by molar-refractivity contribution is 0.0693. The van der Waals surface area contributed by atoms with Crippen molar-refractivity contribution < 1.29 is 19.7 Å². The summed E-state index contributed by atoms with van der Waals surface area (Å²) in [7, 11) is 1.41. The SMILES string of the molecule is COc1c(C(=O)O)ccc2c(O)cccc12. The third-order valence-electron chi connectivity index (χ3n) is 2.42. The Hall–Kier alpha value is -2.23. The molecule has 0 spiro atoms. The van der Waals surface area contributed by atoms with E-state index in [2.05, 4.69) is 0 Å². The summed E-state index contributed by atoms with van der Waals surface area (Å²) < 4.78 is 5.08. The fourth-order valence-corrected chi connectivity index (χ4v) is 1.70. The van der Waals surface area contributed by atoms with E-state index in [-0.39, 0.29) is 17.1 Å². The molecule has 0 aromatic heterocycles. The van der Waals surface area contributed by atoms with Crippen LogP contribution in [0.5, 0.6) is 11.5 Å². The lowest BCUT2D eigenvalue weighted by Crippen LogP contribution is -2.00. The number of carboxylic acid groups (broad SMARTS) is 1. The number of carbonyl (C=O) groups is 1. The highest BCUT2D eigenvalue weighted by atomic mass is 16.5. The molecule has 0 heterocycles. The van der Waals surface area contributed by atoms with Gasteiger partial charge in [-0.3, -0.25) is 0 Å². The predicted molar refractivity (Wildman–Crippen MR) is 59.1 cm³/mol. The molecule has 0 fully saturated rings. The maximum atomic E-state index is 11.0. The highest BCUT2D eigenvalue weighted by Crippen LogP contribution is 2.34. The number of hydrogen-bond donors (Lipinski definition) is 2. The van der Waals surface area contributed by atoms with Gasteiger partial charge < -0.3 is 14.9 Å². The smallest absolute Gasteiger partial charge is 0.339 e. The summed E-state index contributed by atoms with van der Waals surface area (Å²) in [5.41, 5.74) is 0.0839. The van der Waals surface area contributed by atoms with E-state index in [1.54, 1.807) is 24.3 Å². The zero-order chi connectivity index (χ0) is 11.7. The Kier molecular flexibility index (Phi) is 2.40. The molecule has 2 aromatic carbocycles. The molecular weight excluding hydrogens is 208 g/mol. The van der Waals surface area contributed by atoms with Crippen molar-refractivity contribution in [3.8, 4) is 11.5 Å². The zero-order valence-corrected chi connectivity index (χ0v) is 8.60. The second kappa shape index (κ2) is 3.73. The number of phenols is 1. The van der Waals surface area contributed by atoms with E-state index in [1.165, 1.54) is 13.2 Å². The fraction of sp³-hybridized carbons (Fsp3) is 0.0833. The second-order valence-electron chi connectivity index (χ2n) is 3.32. The molecule has 0 unspecified atom stereocenters. The van der Waals surface area contributed by atoms with Crippen LogP contribution in [-0.2, 0) is 0 Å². The molecule has 82 valence electrons. The van der Waals surface area contributed by atoms with Crippen molar-refractivity contribution in [1.29, 1.82) is 0 Å². The molecule has 0 aliphatic rings.